The third-order valence-electron chi connectivity index (χ3n) is 4.93. The number of anilines is 1. The highest BCUT2D eigenvalue weighted by atomic mass is 16.5. The highest BCUT2D eigenvalue weighted by molar-refractivity contribution is 6.06. The molecular weight excluding hydrogens is 342 g/mol. The molecule has 1 aliphatic heterocycles. The summed E-state index contributed by atoms with van der Waals surface area (Å²) in [5.41, 5.74) is 2.97. The molecular formula is C22H21NO4. The van der Waals surface area contributed by atoms with Gasteiger partial charge in [-0.3, -0.25) is 4.79 Å². The van der Waals surface area contributed by atoms with Gasteiger partial charge in [-0.2, -0.15) is 0 Å². The van der Waals surface area contributed by atoms with Crippen molar-refractivity contribution in [1.29, 1.82) is 0 Å². The largest absolute Gasteiger partial charge is 0.493 e. The molecule has 0 aromatic heterocycles. The minimum Gasteiger partial charge on any atom is -0.493 e. The van der Waals surface area contributed by atoms with E-state index < -0.39 is 0 Å². The summed E-state index contributed by atoms with van der Waals surface area (Å²) in [6.07, 6.45) is 0.380. The van der Waals surface area contributed by atoms with E-state index in [1.54, 1.807) is 7.11 Å². The number of methoxy groups -OCH3 is 1. The maximum Gasteiger partial charge on any atom is 0.225 e. The average Bonchev–Trinajstić information content (AvgIpc) is 2.71. The van der Waals surface area contributed by atoms with E-state index in [0.717, 1.165) is 27.6 Å². The molecule has 3 aromatic rings. The Hall–Kier alpha value is -3.05. The highest BCUT2D eigenvalue weighted by Gasteiger charge is 2.28. The topological polar surface area (TPSA) is 67.8 Å². The van der Waals surface area contributed by atoms with Gasteiger partial charge < -0.3 is 19.9 Å². The molecule has 0 fully saturated rings. The fourth-order valence-corrected chi connectivity index (χ4v) is 3.68. The Morgan fingerprint density at radius 1 is 1.11 bits per heavy atom. The second kappa shape index (κ2) is 7.29. The lowest BCUT2D eigenvalue weighted by atomic mass is 9.83. The third-order valence-corrected chi connectivity index (χ3v) is 4.93. The number of aliphatic hydroxyl groups excluding tert-OH is 1. The van der Waals surface area contributed by atoms with Gasteiger partial charge in [0, 0.05) is 17.7 Å². The molecule has 0 saturated carbocycles. The molecule has 138 valence electrons. The number of carbonyl (C=O) groups is 1. The van der Waals surface area contributed by atoms with E-state index in [0.29, 0.717) is 17.9 Å². The molecule has 0 spiro atoms. The number of nitrogens with one attached hydrogen (secondary N) is 1. The summed E-state index contributed by atoms with van der Waals surface area (Å²) >= 11 is 0. The van der Waals surface area contributed by atoms with Crippen LogP contribution in [-0.4, -0.2) is 31.3 Å². The zero-order valence-corrected chi connectivity index (χ0v) is 15.1. The van der Waals surface area contributed by atoms with E-state index in [1.165, 1.54) is 0 Å². The van der Waals surface area contributed by atoms with Crippen molar-refractivity contribution in [2.45, 2.75) is 12.3 Å². The average molecular weight is 363 g/mol. The van der Waals surface area contributed by atoms with Gasteiger partial charge in [0.1, 0.15) is 6.61 Å². The van der Waals surface area contributed by atoms with Crippen LogP contribution in [0.1, 0.15) is 23.5 Å². The van der Waals surface area contributed by atoms with Crippen LogP contribution in [0.25, 0.3) is 10.8 Å². The second-order valence-electron chi connectivity index (χ2n) is 6.54. The number of rotatable bonds is 5. The summed E-state index contributed by atoms with van der Waals surface area (Å²) < 4.78 is 11.0. The summed E-state index contributed by atoms with van der Waals surface area (Å²) in [5.74, 6) is 1.12. The summed E-state index contributed by atoms with van der Waals surface area (Å²) in [6, 6.07) is 17.9. The molecule has 0 aliphatic carbocycles. The number of ether oxygens (including phenoxy) is 2. The van der Waals surface area contributed by atoms with Crippen molar-refractivity contribution in [3.05, 3.63) is 65.7 Å². The second-order valence-corrected chi connectivity index (χ2v) is 6.54. The monoisotopic (exact) mass is 363 g/mol. The molecule has 1 aliphatic rings. The van der Waals surface area contributed by atoms with Crippen LogP contribution in [0.5, 0.6) is 11.5 Å². The van der Waals surface area contributed by atoms with Gasteiger partial charge in [0.2, 0.25) is 5.91 Å². The number of carbonyl (C=O) groups excluding carboxylic acids is 1. The van der Waals surface area contributed by atoms with Crippen LogP contribution in [0.3, 0.4) is 0 Å². The van der Waals surface area contributed by atoms with Gasteiger partial charge in [0.05, 0.1) is 19.4 Å². The lowest BCUT2D eigenvalue weighted by Gasteiger charge is -2.27. The fraction of sp³-hybridized carbons (Fsp3) is 0.227. The van der Waals surface area contributed by atoms with Crippen molar-refractivity contribution in [3.8, 4) is 11.5 Å². The molecule has 1 amide bonds. The minimum atomic E-state index is -0.0614. The van der Waals surface area contributed by atoms with E-state index >= 15 is 0 Å². The van der Waals surface area contributed by atoms with Crippen molar-refractivity contribution in [3.63, 3.8) is 0 Å². The van der Waals surface area contributed by atoms with Gasteiger partial charge in [-0.1, -0.05) is 42.5 Å². The first-order valence-electron chi connectivity index (χ1n) is 8.94. The Morgan fingerprint density at radius 2 is 1.96 bits per heavy atom. The van der Waals surface area contributed by atoms with Crippen molar-refractivity contribution in [1.82, 2.24) is 0 Å². The quantitative estimate of drug-likeness (QED) is 0.725. The van der Waals surface area contributed by atoms with E-state index in [9.17, 15) is 4.79 Å². The molecule has 0 unspecified atom stereocenters. The Bertz CT molecular complexity index is 999. The van der Waals surface area contributed by atoms with E-state index in [4.69, 9.17) is 14.6 Å². The molecule has 3 aromatic carbocycles. The molecule has 4 rings (SSSR count). The van der Waals surface area contributed by atoms with Gasteiger partial charge >= 0.3 is 0 Å². The lowest BCUT2D eigenvalue weighted by Crippen LogP contribution is -2.23. The molecule has 0 radical (unpaired) electrons. The third kappa shape index (κ3) is 3.22. The Morgan fingerprint density at radius 3 is 2.78 bits per heavy atom. The number of hydrogen-bond donors (Lipinski definition) is 2. The molecule has 27 heavy (non-hydrogen) atoms. The number of benzene rings is 3. The molecule has 0 saturated heterocycles. The molecule has 1 atom stereocenters. The van der Waals surface area contributed by atoms with Crippen molar-refractivity contribution < 1.29 is 19.4 Å². The van der Waals surface area contributed by atoms with Gasteiger partial charge in [-0.15, -0.1) is 0 Å². The Balaban J connectivity index is 1.79. The van der Waals surface area contributed by atoms with Gasteiger partial charge in [0.15, 0.2) is 11.5 Å². The van der Waals surface area contributed by atoms with Crippen LogP contribution in [0.2, 0.25) is 0 Å². The van der Waals surface area contributed by atoms with Crippen molar-refractivity contribution in [2.75, 3.05) is 25.6 Å². The first-order valence-corrected chi connectivity index (χ1v) is 8.94. The van der Waals surface area contributed by atoms with Gasteiger partial charge in [0.25, 0.3) is 0 Å². The lowest BCUT2D eigenvalue weighted by molar-refractivity contribution is -0.116. The summed E-state index contributed by atoms with van der Waals surface area (Å²) in [5, 5.41) is 14.2. The normalized spacial score (nSPS) is 15.9. The van der Waals surface area contributed by atoms with Crippen LogP contribution >= 0.6 is 0 Å². The summed E-state index contributed by atoms with van der Waals surface area (Å²) in [6.45, 7) is 0.143. The molecule has 5 nitrogen and oxygen atoms in total. The maximum atomic E-state index is 12.4. The van der Waals surface area contributed by atoms with Crippen molar-refractivity contribution in [2.24, 2.45) is 0 Å². The summed E-state index contributed by atoms with van der Waals surface area (Å²) in [7, 11) is 1.58. The Labute approximate surface area is 157 Å². The summed E-state index contributed by atoms with van der Waals surface area (Å²) in [4.78, 5) is 12.4. The molecule has 1 heterocycles. The first-order chi connectivity index (χ1) is 13.2. The predicted molar refractivity (Wildman–Crippen MR) is 105 cm³/mol. The molecule has 0 bridgehead atoms. The standard InChI is InChI=1S/C22H21NO4/c1-26-20-12-15(7-9-19(20)27-11-10-24)18-13-21(25)23-22-16-5-3-2-4-14(16)6-8-17(18)22/h2-9,12,18,24H,10-11,13H2,1H3,(H,23,25)/t18-/m1/s1. The van der Waals surface area contributed by atoms with Crippen LogP contribution < -0.4 is 14.8 Å². The molecule has 2 N–H and O–H groups in total. The minimum absolute atomic E-state index is 0.00317. The zero-order valence-electron chi connectivity index (χ0n) is 15.1. The zero-order chi connectivity index (χ0) is 18.8. The smallest absolute Gasteiger partial charge is 0.225 e. The number of amides is 1. The number of aliphatic hydroxyl groups is 1. The van der Waals surface area contributed by atoms with Crippen LogP contribution in [0.15, 0.2) is 54.6 Å². The van der Waals surface area contributed by atoms with E-state index in [-0.39, 0.29) is 25.0 Å². The highest BCUT2D eigenvalue weighted by Crippen LogP contribution is 2.42. The number of fused-ring (bicyclic) bond motifs is 3. The van der Waals surface area contributed by atoms with Crippen LogP contribution in [0, 0.1) is 0 Å². The maximum absolute atomic E-state index is 12.4. The van der Waals surface area contributed by atoms with Gasteiger partial charge in [-0.05, 0) is 28.6 Å². The molecule has 5 heteroatoms. The SMILES string of the molecule is COc1cc([C@H]2CC(=O)Nc3c2ccc2ccccc32)ccc1OCCO. The van der Waals surface area contributed by atoms with Crippen LogP contribution in [0.4, 0.5) is 5.69 Å². The van der Waals surface area contributed by atoms with Crippen LogP contribution in [-0.2, 0) is 4.79 Å². The Kier molecular flexibility index (Phi) is 4.69. The first kappa shape index (κ1) is 17.4. The van der Waals surface area contributed by atoms with Crippen molar-refractivity contribution >= 4 is 22.4 Å². The predicted octanol–water partition coefficient (Wildman–Crippen LogP) is 3.69. The van der Waals surface area contributed by atoms with E-state index in [2.05, 4.69) is 17.4 Å². The fourth-order valence-electron chi connectivity index (χ4n) is 3.68. The number of hydrogen-bond acceptors (Lipinski definition) is 4. The van der Waals surface area contributed by atoms with Gasteiger partial charge in [-0.25, -0.2) is 0 Å². The van der Waals surface area contributed by atoms with E-state index in [1.807, 2.05) is 42.5 Å².